The average molecular weight is 294 g/mol. The molecule has 0 bridgehead atoms. The zero-order valence-corrected chi connectivity index (χ0v) is 11.6. The van der Waals surface area contributed by atoms with Crippen LogP contribution in [0.4, 0.5) is 11.4 Å². The summed E-state index contributed by atoms with van der Waals surface area (Å²) in [5.41, 5.74) is -0.0922. The number of ether oxygens (including phenoxy) is 2. The van der Waals surface area contributed by atoms with Gasteiger partial charge in [-0.2, -0.15) is 0 Å². The third-order valence-electron chi connectivity index (χ3n) is 3.33. The van der Waals surface area contributed by atoms with Crippen LogP contribution in [0, 0.1) is 16.0 Å². The van der Waals surface area contributed by atoms with Crippen LogP contribution in [-0.4, -0.2) is 37.6 Å². The molecule has 1 atom stereocenters. The molecule has 1 aliphatic rings. The summed E-state index contributed by atoms with van der Waals surface area (Å²) in [6, 6.07) is 4.13. The van der Waals surface area contributed by atoms with Gasteiger partial charge in [-0.15, -0.1) is 0 Å². The van der Waals surface area contributed by atoms with Gasteiger partial charge in [0.2, 0.25) is 5.91 Å². The molecule has 0 saturated carbocycles. The summed E-state index contributed by atoms with van der Waals surface area (Å²) in [6.45, 7) is 0.0551. The van der Waals surface area contributed by atoms with Crippen LogP contribution < -0.4 is 9.64 Å². The Morgan fingerprint density at radius 3 is 2.71 bits per heavy atom. The van der Waals surface area contributed by atoms with Crippen LogP contribution >= 0.6 is 0 Å². The molecule has 0 spiro atoms. The minimum absolute atomic E-state index is 0.0267. The maximum atomic E-state index is 12.0. The quantitative estimate of drug-likeness (QED) is 0.469. The number of carbonyl (C=O) groups is 2. The fourth-order valence-corrected chi connectivity index (χ4v) is 2.27. The van der Waals surface area contributed by atoms with Crippen LogP contribution in [0.3, 0.4) is 0 Å². The summed E-state index contributed by atoms with van der Waals surface area (Å²) >= 11 is 0. The Hall–Kier alpha value is -2.64. The van der Waals surface area contributed by atoms with Crippen molar-refractivity contribution < 1.29 is 24.0 Å². The standard InChI is InChI=1S/C13H14N2O6/c1-20-9-3-4-10(15(18)19)11(6-9)14-7-8(5-12(14)16)13(17)21-2/h3-4,6,8H,5,7H2,1-2H3. The summed E-state index contributed by atoms with van der Waals surface area (Å²) < 4.78 is 9.64. The number of methoxy groups -OCH3 is 2. The maximum Gasteiger partial charge on any atom is 0.311 e. The van der Waals surface area contributed by atoms with Crippen molar-refractivity contribution in [2.45, 2.75) is 6.42 Å². The van der Waals surface area contributed by atoms with Gasteiger partial charge in [-0.25, -0.2) is 0 Å². The van der Waals surface area contributed by atoms with E-state index in [1.807, 2.05) is 0 Å². The topological polar surface area (TPSA) is 99.0 Å². The van der Waals surface area contributed by atoms with Crippen LogP contribution in [0.2, 0.25) is 0 Å². The minimum atomic E-state index is -0.617. The normalized spacial score (nSPS) is 17.7. The molecular weight excluding hydrogens is 280 g/mol. The number of nitro groups is 1. The third kappa shape index (κ3) is 2.78. The van der Waals surface area contributed by atoms with Gasteiger partial charge in [-0.3, -0.25) is 19.7 Å². The molecule has 21 heavy (non-hydrogen) atoms. The number of anilines is 1. The summed E-state index contributed by atoms with van der Waals surface area (Å²) in [5.74, 6) is -1.09. The van der Waals surface area contributed by atoms with Gasteiger partial charge >= 0.3 is 5.97 Å². The van der Waals surface area contributed by atoms with E-state index in [2.05, 4.69) is 4.74 Å². The van der Waals surface area contributed by atoms with E-state index in [1.165, 1.54) is 37.3 Å². The Morgan fingerprint density at radius 1 is 1.43 bits per heavy atom. The first-order valence-corrected chi connectivity index (χ1v) is 6.18. The summed E-state index contributed by atoms with van der Waals surface area (Å²) in [7, 11) is 2.66. The first kappa shape index (κ1) is 14.8. The highest BCUT2D eigenvalue weighted by molar-refractivity contribution is 6.01. The second-order valence-electron chi connectivity index (χ2n) is 4.54. The van der Waals surface area contributed by atoms with Gasteiger partial charge in [-0.1, -0.05) is 0 Å². The number of rotatable bonds is 4. The predicted octanol–water partition coefficient (Wildman–Crippen LogP) is 1.13. The monoisotopic (exact) mass is 294 g/mol. The molecular formula is C13H14N2O6. The Kier molecular flexibility index (Phi) is 4.06. The molecule has 0 aliphatic carbocycles. The number of benzene rings is 1. The Labute approximate surface area is 120 Å². The van der Waals surface area contributed by atoms with Crippen LogP contribution in [0.15, 0.2) is 18.2 Å². The number of nitro benzene ring substituents is 1. The lowest BCUT2D eigenvalue weighted by Gasteiger charge is -2.17. The van der Waals surface area contributed by atoms with Gasteiger partial charge in [0, 0.05) is 25.1 Å². The first-order chi connectivity index (χ1) is 9.97. The fourth-order valence-electron chi connectivity index (χ4n) is 2.27. The van der Waals surface area contributed by atoms with E-state index in [9.17, 15) is 19.7 Å². The van der Waals surface area contributed by atoms with E-state index in [-0.39, 0.29) is 30.2 Å². The summed E-state index contributed by atoms with van der Waals surface area (Å²) in [5, 5.41) is 11.1. The van der Waals surface area contributed by atoms with Crippen molar-refractivity contribution in [3.63, 3.8) is 0 Å². The Balaban J connectivity index is 2.39. The third-order valence-corrected chi connectivity index (χ3v) is 3.33. The van der Waals surface area contributed by atoms with Crippen LogP contribution in [-0.2, 0) is 14.3 Å². The van der Waals surface area contributed by atoms with Gasteiger partial charge < -0.3 is 14.4 Å². The number of hydrogen-bond donors (Lipinski definition) is 0. The van der Waals surface area contributed by atoms with E-state index in [0.29, 0.717) is 5.75 Å². The smallest absolute Gasteiger partial charge is 0.311 e. The van der Waals surface area contributed by atoms with Gasteiger partial charge in [0.05, 0.1) is 25.1 Å². The average Bonchev–Trinajstić information content (AvgIpc) is 2.87. The first-order valence-electron chi connectivity index (χ1n) is 6.18. The number of amides is 1. The second kappa shape index (κ2) is 5.78. The van der Waals surface area contributed by atoms with E-state index < -0.39 is 16.8 Å². The van der Waals surface area contributed by atoms with Crippen molar-refractivity contribution in [1.82, 2.24) is 0 Å². The molecule has 1 aliphatic heterocycles. The molecule has 8 nitrogen and oxygen atoms in total. The number of hydrogen-bond acceptors (Lipinski definition) is 6. The lowest BCUT2D eigenvalue weighted by molar-refractivity contribution is -0.384. The summed E-state index contributed by atoms with van der Waals surface area (Å²) in [6.07, 6.45) is -0.0267. The van der Waals surface area contributed by atoms with E-state index in [4.69, 9.17) is 4.74 Å². The predicted molar refractivity (Wildman–Crippen MR) is 72.1 cm³/mol. The van der Waals surface area contributed by atoms with Gasteiger partial charge in [0.15, 0.2) is 0 Å². The van der Waals surface area contributed by atoms with Crippen LogP contribution in [0.5, 0.6) is 5.75 Å². The molecule has 0 aromatic heterocycles. The molecule has 0 radical (unpaired) electrons. The zero-order chi connectivity index (χ0) is 15.6. The lowest BCUT2D eigenvalue weighted by atomic mass is 10.1. The van der Waals surface area contributed by atoms with Crippen molar-refractivity contribution >= 4 is 23.3 Å². The summed E-state index contributed by atoms with van der Waals surface area (Å²) in [4.78, 5) is 35.3. The Bertz CT molecular complexity index is 600. The van der Waals surface area contributed by atoms with Gasteiger partial charge in [-0.05, 0) is 6.07 Å². The van der Waals surface area contributed by atoms with Crippen LogP contribution in [0.25, 0.3) is 0 Å². The molecule has 1 aromatic carbocycles. The van der Waals surface area contributed by atoms with E-state index in [1.54, 1.807) is 0 Å². The Morgan fingerprint density at radius 2 is 2.14 bits per heavy atom. The van der Waals surface area contributed by atoms with Crippen LogP contribution in [0.1, 0.15) is 6.42 Å². The number of carbonyl (C=O) groups excluding carboxylic acids is 2. The SMILES string of the molecule is COC(=O)C1CC(=O)N(c2cc(OC)ccc2[N+](=O)[O-])C1. The molecule has 1 unspecified atom stereocenters. The van der Waals surface area contributed by atoms with Crippen molar-refractivity contribution in [2.75, 3.05) is 25.7 Å². The largest absolute Gasteiger partial charge is 0.497 e. The van der Waals surface area contributed by atoms with Gasteiger partial charge in [0.25, 0.3) is 5.69 Å². The van der Waals surface area contributed by atoms with E-state index in [0.717, 1.165) is 0 Å². The lowest BCUT2D eigenvalue weighted by Crippen LogP contribution is -2.26. The van der Waals surface area contributed by atoms with Gasteiger partial charge in [0.1, 0.15) is 11.4 Å². The molecule has 112 valence electrons. The minimum Gasteiger partial charge on any atom is -0.497 e. The molecule has 1 aromatic rings. The molecule has 2 rings (SSSR count). The molecule has 1 saturated heterocycles. The highest BCUT2D eigenvalue weighted by atomic mass is 16.6. The maximum absolute atomic E-state index is 12.0. The number of esters is 1. The van der Waals surface area contributed by atoms with Crippen molar-refractivity contribution in [2.24, 2.45) is 5.92 Å². The van der Waals surface area contributed by atoms with E-state index >= 15 is 0 Å². The molecule has 8 heteroatoms. The second-order valence-corrected chi connectivity index (χ2v) is 4.54. The number of nitrogens with zero attached hydrogens (tertiary/aromatic N) is 2. The zero-order valence-electron chi connectivity index (χ0n) is 11.6. The van der Waals surface area contributed by atoms with Crippen molar-refractivity contribution in [1.29, 1.82) is 0 Å². The van der Waals surface area contributed by atoms with Crippen molar-refractivity contribution in [3.05, 3.63) is 28.3 Å². The molecule has 1 heterocycles. The molecule has 1 amide bonds. The van der Waals surface area contributed by atoms with Crippen molar-refractivity contribution in [3.8, 4) is 5.75 Å². The highest BCUT2D eigenvalue weighted by Gasteiger charge is 2.38. The molecule has 0 N–H and O–H groups in total. The highest BCUT2D eigenvalue weighted by Crippen LogP contribution is 2.35. The fraction of sp³-hybridized carbons (Fsp3) is 0.385. The molecule has 1 fully saturated rings.